The average Bonchev–Trinajstić information content (AvgIpc) is 2.72. The first-order chi connectivity index (χ1) is 13.9. The number of nitrogens with zero attached hydrogens (tertiary/aromatic N) is 3. The van der Waals surface area contributed by atoms with E-state index in [1.54, 1.807) is 38.4 Å². The Kier molecular flexibility index (Phi) is 5.82. The van der Waals surface area contributed by atoms with Gasteiger partial charge in [0, 0.05) is 38.3 Å². The van der Waals surface area contributed by atoms with Crippen LogP contribution in [0.1, 0.15) is 21.7 Å². The van der Waals surface area contributed by atoms with Gasteiger partial charge in [-0.05, 0) is 35.9 Å². The quantitative estimate of drug-likeness (QED) is 0.649. The van der Waals surface area contributed by atoms with Gasteiger partial charge in [0.25, 0.3) is 5.91 Å². The fourth-order valence-corrected chi connectivity index (χ4v) is 2.60. The van der Waals surface area contributed by atoms with Crippen molar-refractivity contribution in [3.63, 3.8) is 0 Å². The first-order valence-corrected chi connectivity index (χ1v) is 8.76. The van der Waals surface area contributed by atoms with Crippen molar-refractivity contribution >= 4 is 28.8 Å². The zero-order valence-corrected chi connectivity index (χ0v) is 15.9. The number of halogens is 1. The lowest BCUT2D eigenvalue weighted by Gasteiger charge is -2.11. The molecule has 3 rings (SSSR count). The highest BCUT2D eigenvalue weighted by atomic mass is 19.1. The summed E-state index contributed by atoms with van der Waals surface area (Å²) in [5, 5.41) is 13.7. The highest BCUT2D eigenvalue weighted by Gasteiger charge is 2.19. The Morgan fingerprint density at radius 2 is 1.93 bits per heavy atom. The number of carbonyl (C=O) groups excluding carboxylic acids is 2. The molecular formula is C21H19FN4O3. The molecule has 2 aromatic heterocycles. The number of amides is 2. The third-order valence-corrected chi connectivity index (χ3v) is 4.17. The van der Waals surface area contributed by atoms with Crippen molar-refractivity contribution in [2.45, 2.75) is 6.54 Å². The summed E-state index contributed by atoms with van der Waals surface area (Å²) in [5.41, 5.74) is 1.00. The molecule has 8 heteroatoms. The minimum atomic E-state index is -0.618. The van der Waals surface area contributed by atoms with Gasteiger partial charge in [0.1, 0.15) is 11.3 Å². The summed E-state index contributed by atoms with van der Waals surface area (Å²) in [6.45, 7) is 0.130. The van der Waals surface area contributed by atoms with Gasteiger partial charge in [-0.2, -0.15) is 0 Å². The van der Waals surface area contributed by atoms with Crippen molar-refractivity contribution in [1.29, 1.82) is 0 Å². The first-order valence-electron chi connectivity index (χ1n) is 8.76. The van der Waals surface area contributed by atoms with Crippen LogP contribution < -0.4 is 5.32 Å². The number of benzene rings is 1. The number of nitrogens with one attached hydrogen (secondary N) is 1. The number of hydrogen-bond acceptors (Lipinski definition) is 5. The molecule has 0 aliphatic rings. The van der Waals surface area contributed by atoms with E-state index in [1.807, 2.05) is 0 Å². The van der Waals surface area contributed by atoms with Crippen LogP contribution in [0.3, 0.4) is 0 Å². The Morgan fingerprint density at radius 3 is 2.62 bits per heavy atom. The largest absolute Gasteiger partial charge is 0.504 e. The van der Waals surface area contributed by atoms with Gasteiger partial charge < -0.3 is 15.3 Å². The molecule has 0 saturated carbocycles. The Bertz CT molecular complexity index is 1100. The lowest BCUT2D eigenvalue weighted by molar-refractivity contribution is -0.123. The lowest BCUT2D eigenvalue weighted by Crippen LogP contribution is -2.24. The molecule has 0 atom stereocenters. The van der Waals surface area contributed by atoms with Crippen LogP contribution in [0, 0.1) is 5.82 Å². The fourth-order valence-electron chi connectivity index (χ4n) is 2.60. The number of fused-ring (bicyclic) bond motifs is 1. The molecule has 2 N–H and O–H groups in total. The van der Waals surface area contributed by atoms with Crippen LogP contribution in [0.25, 0.3) is 17.0 Å². The maximum atomic E-state index is 13.0. The second-order valence-electron chi connectivity index (χ2n) is 6.47. The van der Waals surface area contributed by atoms with Crippen LogP contribution in [0.4, 0.5) is 4.39 Å². The van der Waals surface area contributed by atoms with Gasteiger partial charge in [-0.1, -0.05) is 12.1 Å². The van der Waals surface area contributed by atoms with Crippen LogP contribution in [-0.4, -0.2) is 45.9 Å². The molecule has 29 heavy (non-hydrogen) atoms. The highest BCUT2D eigenvalue weighted by molar-refractivity contribution is 6.03. The maximum Gasteiger partial charge on any atom is 0.274 e. The molecule has 0 fully saturated rings. The van der Waals surface area contributed by atoms with E-state index in [0.29, 0.717) is 16.6 Å². The number of rotatable bonds is 5. The molecule has 3 aromatic rings. The van der Waals surface area contributed by atoms with Crippen molar-refractivity contribution in [1.82, 2.24) is 20.2 Å². The molecular weight excluding hydrogens is 375 g/mol. The van der Waals surface area contributed by atoms with E-state index in [2.05, 4.69) is 15.3 Å². The second kappa shape index (κ2) is 8.47. The number of likely N-dealkylation sites (N-methyl/N-ethyl adjacent to an activating group) is 1. The monoisotopic (exact) mass is 394 g/mol. The van der Waals surface area contributed by atoms with E-state index in [9.17, 15) is 19.1 Å². The molecule has 7 nitrogen and oxygen atoms in total. The van der Waals surface area contributed by atoms with Gasteiger partial charge in [-0.15, -0.1) is 0 Å². The van der Waals surface area contributed by atoms with Crippen LogP contribution in [0.15, 0.2) is 48.7 Å². The Hall–Kier alpha value is -3.81. The van der Waals surface area contributed by atoms with Crippen LogP contribution >= 0.6 is 0 Å². The zero-order chi connectivity index (χ0) is 21.0. The van der Waals surface area contributed by atoms with Gasteiger partial charge in [0.05, 0.1) is 5.69 Å². The smallest absolute Gasteiger partial charge is 0.274 e. The average molecular weight is 394 g/mol. The molecule has 1 aromatic carbocycles. The molecule has 148 valence electrons. The van der Waals surface area contributed by atoms with Crippen molar-refractivity contribution in [2.75, 3.05) is 14.1 Å². The fraction of sp³-hybridized carbons (Fsp3) is 0.143. The second-order valence-corrected chi connectivity index (χ2v) is 6.47. The number of aromatic nitrogens is 2. The Morgan fingerprint density at radius 1 is 1.21 bits per heavy atom. The van der Waals surface area contributed by atoms with E-state index >= 15 is 0 Å². The van der Waals surface area contributed by atoms with Gasteiger partial charge in [0.2, 0.25) is 5.91 Å². The van der Waals surface area contributed by atoms with E-state index in [-0.39, 0.29) is 35.2 Å². The van der Waals surface area contributed by atoms with E-state index in [1.165, 1.54) is 35.4 Å². The van der Waals surface area contributed by atoms with Crippen molar-refractivity contribution in [2.24, 2.45) is 0 Å². The minimum Gasteiger partial charge on any atom is -0.504 e. The van der Waals surface area contributed by atoms with E-state index in [4.69, 9.17) is 0 Å². The molecule has 0 aliphatic heterocycles. The van der Waals surface area contributed by atoms with Crippen molar-refractivity contribution in [3.05, 3.63) is 71.4 Å². The summed E-state index contributed by atoms with van der Waals surface area (Å²) in [5.74, 6) is -1.59. The number of pyridine rings is 2. The van der Waals surface area contributed by atoms with Crippen LogP contribution in [-0.2, 0) is 11.3 Å². The van der Waals surface area contributed by atoms with Gasteiger partial charge in [-0.25, -0.2) is 9.37 Å². The highest BCUT2D eigenvalue weighted by Crippen LogP contribution is 2.28. The number of hydrogen-bond donors (Lipinski definition) is 2. The number of carbonyl (C=O) groups is 2. The zero-order valence-electron chi connectivity index (χ0n) is 15.9. The summed E-state index contributed by atoms with van der Waals surface area (Å²) in [6.07, 6.45) is 4.29. The Labute approximate surface area is 166 Å². The van der Waals surface area contributed by atoms with Gasteiger partial charge in [0.15, 0.2) is 11.4 Å². The predicted molar refractivity (Wildman–Crippen MR) is 107 cm³/mol. The maximum absolute atomic E-state index is 13.0. The van der Waals surface area contributed by atoms with Gasteiger partial charge in [-0.3, -0.25) is 14.6 Å². The third-order valence-electron chi connectivity index (χ3n) is 4.17. The van der Waals surface area contributed by atoms with Crippen LogP contribution in [0.5, 0.6) is 5.75 Å². The molecule has 0 bridgehead atoms. The van der Waals surface area contributed by atoms with Crippen molar-refractivity contribution in [3.8, 4) is 5.75 Å². The molecule has 2 heterocycles. The third kappa shape index (κ3) is 4.55. The molecule has 2 amide bonds. The summed E-state index contributed by atoms with van der Waals surface area (Å²) < 4.78 is 13.0. The summed E-state index contributed by atoms with van der Waals surface area (Å²) in [7, 11) is 3.23. The molecule has 0 saturated heterocycles. The summed E-state index contributed by atoms with van der Waals surface area (Å²) in [6, 6.07) is 9.04. The molecule has 0 radical (unpaired) electrons. The molecule has 0 aliphatic carbocycles. The SMILES string of the molecule is CN(C)C(=O)/C=C/c1nc(C(=O)NCc2ccc(F)cc2)c(O)c2ncccc12. The standard InChI is InChI=1S/C21H19FN4O3/c1-26(2)17(27)10-9-16-15-4-3-11-23-18(15)20(28)19(25-16)21(29)24-12-13-5-7-14(22)8-6-13/h3-11,28H,12H2,1-2H3,(H,24,29)/b10-9+. The molecule has 0 unspecified atom stereocenters. The van der Waals surface area contributed by atoms with Gasteiger partial charge >= 0.3 is 0 Å². The molecule has 0 spiro atoms. The normalized spacial score (nSPS) is 11.0. The number of aromatic hydroxyl groups is 1. The Balaban J connectivity index is 1.94. The summed E-state index contributed by atoms with van der Waals surface area (Å²) in [4.78, 5) is 34.2. The van der Waals surface area contributed by atoms with Crippen LogP contribution in [0.2, 0.25) is 0 Å². The van der Waals surface area contributed by atoms with E-state index < -0.39 is 5.91 Å². The summed E-state index contributed by atoms with van der Waals surface area (Å²) >= 11 is 0. The first kappa shape index (κ1) is 19.9. The topological polar surface area (TPSA) is 95.4 Å². The lowest BCUT2D eigenvalue weighted by atomic mass is 10.1. The minimum absolute atomic E-state index is 0.130. The predicted octanol–water partition coefficient (Wildman–Crippen LogP) is 2.51. The van der Waals surface area contributed by atoms with E-state index in [0.717, 1.165) is 0 Å². The van der Waals surface area contributed by atoms with Crippen molar-refractivity contribution < 1.29 is 19.1 Å².